The van der Waals surface area contributed by atoms with Gasteiger partial charge in [0.2, 0.25) is 0 Å². The maximum atomic E-state index is 11.8. The predicted octanol–water partition coefficient (Wildman–Crippen LogP) is 3.41. The predicted molar refractivity (Wildman–Crippen MR) is 82.2 cm³/mol. The van der Waals surface area contributed by atoms with E-state index >= 15 is 0 Å². The zero-order valence-electron chi connectivity index (χ0n) is 12.0. The maximum absolute atomic E-state index is 11.8. The summed E-state index contributed by atoms with van der Waals surface area (Å²) in [6.07, 6.45) is 0.790. The topological polar surface area (TPSA) is 61.5 Å². The Morgan fingerprint density at radius 1 is 1.14 bits per heavy atom. The largest absolute Gasteiger partial charge is 0.487 e. The molecule has 0 aromatic heterocycles. The third-order valence-electron chi connectivity index (χ3n) is 2.92. The van der Waals surface area contributed by atoms with Crippen LogP contribution in [0.15, 0.2) is 48.5 Å². The zero-order valence-corrected chi connectivity index (χ0v) is 12.0. The lowest BCUT2D eigenvalue weighted by molar-refractivity contribution is 0.0504. The number of ether oxygens (including phenoxy) is 2. The minimum atomic E-state index is -0.360. The average molecular weight is 285 g/mol. The molecular weight excluding hydrogens is 266 g/mol. The van der Waals surface area contributed by atoms with Crippen LogP contribution in [0, 0.1) is 0 Å². The lowest BCUT2D eigenvalue weighted by atomic mass is 10.2. The molecule has 0 amide bonds. The molecule has 0 bridgehead atoms. The lowest BCUT2D eigenvalue weighted by Gasteiger charge is -2.11. The molecule has 0 radical (unpaired) electrons. The van der Waals surface area contributed by atoms with Crippen molar-refractivity contribution in [3.63, 3.8) is 0 Å². The van der Waals surface area contributed by atoms with Crippen LogP contribution in [0.5, 0.6) is 5.75 Å². The SMILES string of the molecule is CCCOC(=O)c1ccc(N)c(OCc2ccccc2)c1. The van der Waals surface area contributed by atoms with Crippen molar-refractivity contribution in [2.75, 3.05) is 12.3 Å². The van der Waals surface area contributed by atoms with Gasteiger partial charge in [0.15, 0.2) is 0 Å². The summed E-state index contributed by atoms with van der Waals surface area (Å²) in [4.78, 5) is 11.8. The van der Waals surface area contributed by atoms with E-state index in [0.717, 1.165) is 12.0 Å². The van der Waals surface area contributed by atoms with Gasteiger partial charge in [0.05, 0.1) is 17.9 Å². The number of carbonyl (C=O) groups is 1. The van der Waals surface area contributed by atoms with Crippen molar-refractivity contribution in [2.24, 2.45) is 0 Å². The Hall–Kier alpha value is -2.49. The second kappa shape index (κ2) is 7.33. The highest BCUT2D eigenvalue weighted by Crippen LogP contribution is 2.24. The Labute approximate surface area is 124 Å². The van der Waals surface area contributed by atoms with Crippen molar-refractivity contribution in [2.45, 2.75) is 20.0 Å². The first-order valence-electron chi connectivity index (χ1n) is 6.94. The summed E-state index contributed by atoms with van der Waals surface area (Å²) in [5, 5.41) is 0. The monoisotopic (exact) mass is 285 g/mol. The van der Waals surface area contributed by atoms with Gasteiger partial charge in [-0.15, -0.1) is 0 Å². The normalized spacial score (nSPS) is 10.1. The Morgan fingerprint density at radius 2 is 1.90 bits per heavy atom. The fraction of sp³-hybridized carbons (Fsp3) is 0.235. The number of benzene rings is 2. The Kier molecular flexibility index (Phi) is 5.21. The fourth-order valence-electron chi connectivity index (χ4n) is 1.80. The minimum absolute atomic E-state index is 0.360. The van der Waals surface area contributed by atoms with E-state index < -0.39 is 0 Å². The molecule has 0 aliphatic carbocycles. The molecule has 2 aromatic rings. The lowest BCUT2D eigenvalue weighted by Crippen LogP contribution is -2.07. The molecule has 0 spiro atoms. The van der Waals surface area contributed by atoms with E-state index in [4.69, 9.17) is 15.2 Å². The van der Waals surface area contributed by atoms with Gasteiger partial charge in [0, 0.05) is 0 Å². The van der Waals surface area contributed by atoms with Crippen LogP contribution in [0.25, 0.3) is 0 Å². The zero-order chi connectivity index (χ0) is 15.1. The number of carbonyl (C=O) groups excluding carboxylic acids is 1. The number of nitrogens with two attached hydrogens (primary N) is 1. The van der Waals surface area contributed by atoms with E-state index in [1.54, 1.807) is 18.2 Å². The van der Waals surface area contributed by atoms with Crippen molar-refractivity contribution in [3.8, 4) is 5.75 Å². The van der Waals surface area contributed by atoms with Crippen LogP contribution >= 0.6 is 0 Å². The molecule has 0 saturated heterocycles. The number of hydrogen-bond donors (Lipinski definition) is 1. The third-order valence-corrected chi connectivity index (χ3v) is 2.92. The summed E-state index contributed by atoms with van der Waals surface area (Å²) in [5.74, 6) is 0.131. The van der Waals surface area contributed by atoms with Crippen molar-refractivity contribution < 1.29 is 14.3 Å². The molecule has 21 heavy (non-hydrogen) atoms. The van der Waals surface area contributed by atoms with Gasteiger partial charge < -0.3 is 15.2 Å². The highest BCUT2D eigenvalue weighted by molar-refractivity contribution is 5.90. The Bertz CT molecular complexity index is 596. The first-order valence-corrected chi connectivity index (χ1v) is 6.94. The molecule has 0 aliphatic rings. The van der Waals surface area contributed by atoms with Crippen LogP contribution in [0.1, 0.15) is 29.3 Å². The van der Waals surface area contributed by atoms with Crippen LogP contribution < -0.4 is 10.5 Å². The van der Waals surface area contributed by atoms with Crippen molar-refractivity contribution in [1.29, 1.82) is 0 Å². The van der Waals surface area contributed by atoms with Crippen LogP contribution in [-0.4, -0.2) is 12.6 Å². The summed E-state index contributed by atoms with van der Waals surface area (Å²) in [6, 6.07) is 14.7. The first-order chi connectivity index (χ1) is 10.2. The highest BCUT2D eigenvalue weighted by atomic mass is 16.5. The summed E-state index contributed by atoms with van der Waals surface area (Å²) in [7, 11) is 0. The van der Waals surface area contributed by atoms with Crippen LogP contribution in [0.4, 0.5) is 5.69 Å². The number of nitrogen functional groups attached to an aromatic ring is 1. The van der Waals surface area contributed by atoms with E-state index in [2.05, 4.69) is 0 Å². The van der Waals surface area contributed by atoms with Gasteiger partial charge in [-0.3, -0.25) is 0 Å². The van der Waals surface area contributed by atoms with Crippen LogP contribution in [0.2, 0.25) is 0 Å². The molecule has 2 aromatic carbocycles. The fourth-order valence-corrected chi connectivity index (χ4v) is 1.80. The van der Waals surface area contributed by atoms with Gasteiger partial charge >= 0.3 is 5.97 Å². The summed E-state index contributed by atoms with van der Waals surface area (Å²) < 4.78 is 10.8. The molecule has 0 atom stereocenters. The Morgan fingerprint density at radius 3 is 2.62 bits per heavy atom. The number of rotatable bonds is 6. The molecule has 0 aliphatic heterocycles. The van der Waals surface area contributed by atoms with Crippen LogP contribution in [0.3, 0.4) is 0 Å². The van der Waals surface area contributed by atoms with Gasteiger partial charge in [-0.2, -0.15) is 0 Å². The summed E-state index contributed by atoms with van der Waals surface area (Å²) >= 11 is 0. The molecule has 0 fully saturated rings. The van der Waals surface area contributed by atoms with Gasteiger partial charge in [-0.05, 0) is 30.2 Å². The Balaban J connectivity index is 2.06. The summed E-state index contributed by atoms with van der Waals surface area (Å²) in [6.45, 7) is 2.76. The third kappa shape index (κ3) is 4.24. The van der Waals surface area contributed by atoms with Gasteiger partial charge in [-0.1, -0.05) is 37.3 Å². The maximum Gasteiger partial charge on any atom is 0.338 e. The first kappa shape index (κ1) is 14.9. The molecule has 0 saturated carbocycles. The standard InChI is InChI=1S/C17H19NO3/c1-2-10-20-17(19)14-8-9-15(18)16(11-14)21-12-13-6-4-3-5-7-13/h3-9,11H,2,10,12,18H2,1H3. The van der Waals surface area contributed by atoms with Crippen molar-refractivity contribution in [1.82, 2.24) is 0 Å². The van der Waals surface area contributed by atoms with Gasteiger partial charge in [0.25, 0.3) is 0 Å². The molecule has 2 rings (SSSR count). The van der Waals surface area contributed by atoms with E-state index in [0.29, 0.717) is 30.2 Å². The molecular formula is C17H19NO3. The van der Waals surface area contributed by atoms with E-state index in [1.165, 1.54) is 0 Å². The van der Waals surface area contributed by atoms with Gasteiger partial charge in [-0.25, -0.2) is 4.79 Å². The number of esters is 1. The van der Waals surface area contributed by atoms with Crippen molar-refractivity contribution in [3.05, 3.63) is 59.7 Å². The smallest absolute Gasteiger partial charge is 0.338 e. The molecule has 0 unspecified atom stereocenters. The molecule has 110 valence electrons. The average Bonchev–Trinajstić information content (AvgIpc) is 2.52. The molecule has 2 N–H and O–H groups in total. The van der Waals surface area contributed by atoms with Crippen LogP contribution in [-0.2, 0) is 11.3 Å². The van der Waals surface area contributed by atoms with Gasteiger partial charge in [0.1, 0.15) is 12.4 Å². The van der Waals surface area contributed by atoms with E-state index in [-0.39, 0.29) is 5.97 Å². The highest BCUT2D eigenvalue weighted by Gasteiger charge is 2.10. The second-order valence-electron chi connectivity index (χ2n) is 4.66. The van der Waals surface area contributed by atoms with E-state index in [9.17, 15) is 4.79 Å². The van der Waals surface area contributed by atoms with E-state index in [1.807, 2.05) is 37.3 Å². The summed E-state index contributed by atoms with van der Waals surface area (Å²) in [5.41, 5.74) is 7.86. The molecule has 0 heterocycles. The molecule has 4 heteroatoms. The number of hydrogen-bond acceptors (Lipinski definition) is 4. The quantitative estimate of drug-likeness (QED) is 0.652. The van der Waals surface area contributed by atoms with Crippen molar-refractivity contribution >= 4 is 11.7 Å². The minimum Gasteiger partial charge on any atom is -0.487 e. The second-order valence-corrected chi connectivity index (χ2v) is 4.66. The number of anilines is 1. The molecule has 4 nitrogen and oxygen atoms in total.